The molecule has 0 spiro atoms. The SMILES string of the molecule is CN(NC(=O)Cc1ccc2ccccc2c1)c1ccccc1. The predicted octanol–water partition coefficient (Wildman–Crippen LogP) is 3.55. The molecule has 0 fully saturated rings. The first-order chi connectivity index (χ1) is 10.7. The molecule has 3 heteroatoms. The van der Waals surface area contributed by atoms with Gasteiger partial charge in [0.05, 0.1) is 12.1 Å². The number of amides is 1. The number of nitrogens with zero attached hydrogens (tertiary/aromatic N) is 1. The van der Waals surface area contributed by atoms with Crippen LogP contribution in [0.2, 0.25) is 0 Å². The number of rotatable bonds is 4. The van der Waals surface area contributed by atoms with Crippen LogP contribution in [0.5, 0.6) is 0 Å². The molecule has 0 aliphatic heterocycles. The zero-order valence-electron chi connectivity index (χ0n) is 12.5. The second-order valence-corrected chi connectivity index (χ2v) is 5.29. The molecule has 3 nitrogen and oxygen atoms in total. The quantitative estimate of drug-likeness (QED) is 0.745. The first kappa shape index (κ1) is 14.1. The molecule has 3 rings (SSSR count). The zero-order valence-corrected chi connectivity index (χ0v) is 12.5. The van der Waals surface area contributed by atoms with Crippen LogP contribution in [-0.2, 0) is 11.2 Å². The number of hydrogen-bond acceptors (Lipinski definition) is 2. The minimum Gasteiger partial charge on any atom is -0.289 e. The van der Waals surface area contributed by atoms with E-state index in [0.717, 1.165) is 16.6 Å². The number of benzene rings is 3. The highest BCUT2D eigenvalue weighted by atomic mass is 16.2. The first-order valence-electron chi connectivity index (χ1n) is 7.28. The molecule has 0 aromatic heterocycles. The first-order valence-corrected chi connectivity index (χ1v) is 7.28. The summed E-state index contributed by atoms with van der Waals surface area (Å²) >= 11 is 0. The molecule has 0 radical (unpaired) electrons. The van der Waals surface area contributed by atoms with E-state index in [4.69, 9.17) is 0 Å². The van der Waals surface area contributed by atoms with Crippen molar-refractivity contribution in [3.63, 3.8) is 0 Å². The second kappa shape index (κ2) is 6.31. The van der Waals surface area contributed by atoms with Gasteiger partial charge in [0.2, 0.25) is 5.91 Å². The summed E-state index contributed by atoms with van der Waals surface area (Å²) in [5.41, 5.74) is 4.85. The number of carbonyl (C=O) groups is 1. The van der Waals surface area contributed by atoms with Gasteiger partial charge >= 0.3 is 0 Å². The van der Waals surface area contributed by atoms with Gasteiger partial charge in [-0.3, -0.25) is 15.2 Å². The number of para-hydroxylation sites is 1. The molecule has 110 valence electrons. The van der Waals surface area contributed by atoms with Crippen molar-refractivity contribution >= 4 is 22.4 Å². The molecule has 0 heterocycles. The van der Waals surface area contributed by atoms with Crippen LogP contribution < -0.4 is 10.4 Å². The molecule has 0 aliphatic carbocycles. The Labute approximate surface area is 130 Å². The van der Waals surface area contributed by atoms with Gasteiger partial charge in [0.15, 0.2) is 0 Å². The van der Waals surface area contributed by atoms with Gasteiger partial charge in [-0.1, -0.05) is 60.7 Å². The van der Waals surface area contributed by atoms with Crippen LogP contribution in [0.15, 0.2) is 72.8 Å². The van der Waals surface area contributed by atoms with Gasteiger partial charge in [-0.15, -0.1) is 0 Å². The summed E-state index contributed by atoms with van der Waals surface area (Å²) in [4.78, 5) is 12.2. The summed E-state index contributed by atoms with van der Waals surface area (Å²) in [6.45, 7) is 0. The topological polar surface area (TPSA) is 32.3 Å². The number of anilines is 1. The van der Waals surface area contributed by atoms with Crippen molar-refractivity contribution in [2.75, 3.05) is 12.1 Å². The molecule has 3 aromatic carbocycles. The lowest BCUT2D eigenvalue weighted by Gasteiger charge is -2.20. The molecular weight excluding hydrogens is 272 g/mol. The standard InChI is InChI=1S/C19H18N2O/c1-21(18-9-3-2-4-10-18)20-19(22)14-15-11-12-16-7-5-6-8-17(16)13-15/h2-13H,14H2,1H3,(H,20,22). The molecule has 22 heavy (non-hydrogen) atoms. The van der Waals surface area contributed by atoms with Crippen LogP contribution in [0, 0.1) is 0 Å². The van der Waals surface area contributed by atoms with Crippen molar-refractivity contribution in [2.45, 2.75) is 6.42 Å². The predicted molar refractivity (Wildman–Crippen MR) is 90.6 cm³/mol. The number of hydrogen-bond donors (Lipinski definition) is 1. The fraction of sp³-hybridized carbons (Fsp3) is 0.105. The lowest BCUT2D eigenvalue weighted by atomic mass is 10.1. The van der Waals surface area contributed by atoms with Crippen LogP contribution in [0.3, 0.4) is 0 Å². The number of nitrogens with one attached hydrogen (secondary N) is 1. The summed E-state index contributed by atoms with van der Waals surface area (Å²) in [5.74, 6) is -0.0263. The van der Waals surface area contributed by atoms with Crippen LogP contribution >= 0.6 is 0 Å². The van der Waals surface area contributed by atoms with Crippen molar-refractivity contribution < 1.29 is 4.79 Å². The van der Waals surface area contributed by atoms with E-state index in [2.05, 4.69) is 29.7 Å². The van der Waals surface area contributed by atoms with Gasteiger partial charge in [-0.25, -0.2) is 0 Å². The van der Waals surface area contributed by atoms with Crippen LogP contribution in [-0.4, -0.2) is 13.0 Å². The van der Waals surface area contributed by atoms with Gasteiger partial charge in [0.1, 0.15) is 0 Å². The van der Waals surface area contributed by atoms with Crippen molar-refractivity contribution in [3.8, 4) is 0 Å². The summed E-state index contributed by atoms with van der Waals surface area (Å²) < 4.78 is 0. The van der Waals surface area contributed by atoms with Crippen LogP contribution in [0.1, 0.15) is 5.56 Å². The van der Waals surface area contributed by atoms with E-state index in [1.165, 1.54) is 5.39 Å². The third-order valence-corrected chi connectivity index (χ3v) is 3.61. The highest BCUT2D eigenvalue weighted by Crippen LogP contribution is 2.16. The Hall–Kier alpha value is -2.81. The fourth-order valence-corrected chi connectivity index (χ4v) is 2.48. The van der Waals surface area contributed by atoms with Gasteiger partial charge < -0.3 is 0 Å². The third kappa shape index (κ3) is 3.26. The largest absolute Gasteiger partial charge is 0.289 e. The van der Waals surface area contributed by atoms with Crippen LogP contribution in [0.25, 0.3) is 10.8 Å². The lowest BCUT2D eigenvalue weighted by molar-refractivity contribution is -0.120. The Morgan fingerprint density at radius 3 is 2.36 bits per heavy atom. The summed E-state index contributed by atoms with van der Waals surface area (Å²) in [6.07, 6.45) is 0.363. The lowest BCUT2D eigenvalue weighted by Crippen LogP contribution is -2.40. The molecule has 0 bridgehead atoms. The summed E-state index contributed by atoms with van der Waals surface area (Å²) in [7, 11) is 1.84. The average Bonchev–Trinajstić information content (AvgIpc) is 2.55. The smallest absolute Gasteiger partial charge is 0.242 e. The number of fused-ring (bicyclic) bond motifs is 1. The highest BCUT2D eigenvalue weighted by molar-refractivity contribution is 5.85. The monoisotopic (exact) mass is 290 g/mol. The van der Waals surface area contributed by atoms with Gasteiger partial charge in [-0.05, 0) is 28.5 Å². The Morgan fingerprint density at radius 1 is 0.909 bits per heavy atom. The zero-order chi connectivity index (χ0) is 15.4. The van der Waals surface area contributed by atoms with Crippen molar-refractivity contribution in [1.29, 1.82) is 0 Å². The molecule has 3 aromatic rings. The minimum atomic E-state index is -0.0263. The van der Waals surface area contributed by atoms with Gasteiger partial charge in [-0.2, -0.15) is 0 Å². The number of carbonyl (C=O) groups excluding carboxylic acids is 1. The average molecular weight is 290 g/mol. The maximum Gasteiger partial charge on any atom is 0.242 e. The molecular formula is C19H18N2O. The molecule has 0 unspecified atom stereocenters. The molecule has 1 amide bonds. The van der Waals surface area contributed by atoms with Gasteiger partial charge in [0.25, 0.3) is 0 Å². The van der Waals surface area contributed by atoms with Crippen molar-refractivity contribution in [3.05, 3.63) is 78.4 Å². The third-order valence-electron chi connectivity index (χ3n) is 3.61. The summed E-state index contributed by atoms with van der Waals surface area (Å²) in [5, 5.41) is 4.08. The fourth-order valence-electron chi connectivity index (χ4n) is 2.48. The molecule has 0 atom stereocenters. The Balaban J connectivity index is 1.68. The van der Waals surface area contributed by atoms with E-state index >= 15 is 0 Å². The van der Waals surface area contributed by atoms with E-state index in [0.29, 0.717) is 6.42 Å². The highest BCUT2D eigenvalue weighted by Gasteiger charge is 2.07. The van der Waals surface area contributed by atoms with Crippen LogP contribution in [0.4, 0.5) is 5.69 Å². The van der Waals surface area contributed by atoms with Crippen molar-refractivity contribution in [1.82, 2.24) is 5.43 Å². The van der Waals surface area contributed by atoms with Crippen molar-refractivity contribution in [2.24, 2.45) is 0 Å². The minimum absolute atomic E-state index is 0.0263. The Morgan fingerprint density at radius 2 is 1.59 bits per heavy atom. The maximum absolute atomic E-state index is 12.2. The van der Waals surface area contributed by atoms with E-state index < -0.39 is 0 Å². The summed E-state index contributed by atoms with van der Waals surface area (Å²) in [6, 6.07) is 24.0. The normalized spacial score (nSPS) is 10.4. The molecule has 0 saturated heterocycles. The maximum atomic E-state index is 12.2. The Bertz CT molecular complexity index is 784. The van der Waals surface area contributed by atoms with Gasteiger partial charge in [0, 0.05) is 7.05 Å². The molecule has 0 aliphatic rings. The van der Waals surface area contributed by atoms with E-state index in [1.54, 1.807) is 5.01 Å². The number of hydrazine groups is 1. The Kier molecular flexibility index (Phi) is 4.05. The molecule has 1 N–H and O–H groups in total. The van der Waals surface area contributed by atoms with E-state index in [1.807, 2.05) is 55.6 Å². The molecule has 0 saturated carbocycles. The van der Waals surface area contributed by atoms with E-state index in [-0.39, 0.29) is 5.91 Å². The van der Waals surface area contributed by atoms with E-state index in [9.17, 15) is 4.79 Å². The second-order valence-electron chi connectivity index (χ2n) is 5.29.